The number of carbonyl (C=O) groups is 1. The lowest BCUT2D eigenvalue weighted by Crippen LogP contribution is -2.17. The van der Waals surface area contributed by atoms with Crippen molar-refractivity contribution >= 4 is 23.7 Å². The largest absolute Gasteiger partial charge is 0.488 e. The van der Waals surface area contributed by atoms with Gasteiger partial charge in [-0.05, 0) is 35.9 Å². The summed E-state index contributed by atoms with van der Waals surface area (Å²) in [7, 11) is 0. The van der Waals surface area contributed by atoms with Gasteiger partial charge in [0.25, 0.3) is 5.91 Å². The molecule has 0 fully saturated rings. The summed E-state index contributed by atoms with van der Waals surface area (Å²) in [5.74, 6) is 0.364. The fraction of sp³-hybridized carbons (Fsp3) is 0.0476. The number of para-hydroxylation sites is 1. The van der Waals surface area contributed by atoms with Crippen LogP contribution in [-0.2, 0) is 6.61 Å². The van der Waals surface area contributed by atoms with Crippen molar-refractivity contribution in [2.75, 3.05) is 0 Å². The molecule has 0 radical (unpaired) electrons. The molecule has 0 heterocycles. The lowest BCUT2D eigenvalue weighted by atomic mass is 10.2. The van der Waals surface area contributed by atoms with Crippen LogP contribution < -0.4 is 10.2 Å². The van der Waals surface area contributed by atoms with Gasteiger partial charge in [0.1, 0.15) is 12.4 Å². The molecule has 0 aliphatic rings. The minimum atomic E-state index is -0.327. The van der Waals surface area contributed by atoms with Gasteiger partial charge >= 0.3 is 0 Å². The molecule has 1 N–H and O–H groups in total. The molecule has 0 aliphatic carbocycles. The van der Waals surface area contributed by atoms with Crippen molar-refractivity contribution in [1.82, 2.24) is 5.43 Å². The highest BCUT2D eigenvalue weighted by molar-refractivity contribution is 6.30. The maximum atomic E-state index is 12.1. The van der Waals surface area contributed by atoms with Crippen LogP contribution in [0.3, 0.4) is 0 Å². The van der Waals surface area contributed by atoms with Crippen LogP contribution in [0.4, 0.5) is 0 Å². The van der Waals surface area contributed by atoms with E-state index in [1.54, 1.807) is 30.5 Å². The second-order valence-electron chi connectivity index (χ2n) is 5.52. The number of halogens is 1. The van der Waals surface area contributed by atoms with Crippen molar-refractivity contribution in [2.45, 2.75) is 6.61 Å². The van der Waals surface area contributed by atoms with E-state index in [-0.39, 0.29) is 5.91 Å². The number of ether oxygens (including phenoxy) is 1. The zero-order chi connectivity index (χ0) is 18.2. The van der Waals surface area contributed by atoms with Gasteiger partial charge in [0.05, 0.1) is 6.21 Å². The van der Waals surface area contributed by atoms with E-state index >= 15 is 0 Å². The quantitative estimate of drug-likeness (QED) is 0.510. The predicted octanol–water partition coefficient (Wildman–Crippen LogP) is 4.68. The topological polar surface area (TPSA) is 50.7 Å². The second-order valence-corrected chi connectivity index (χ2v) is 5.96. The molecule has 0 saturated carbocycles. The number of rotatable bonds is 6. The molecule has 26 heavy (non-hydrogen) atoms. The normalized spacial score (nSPS) is 10.7. The molecular formula is C21H17ClN2O2. The van der Waals surface area contributed by atoms with E-state index < -0.39 is 0 Å². The fourth-order valence-electron chi connectivity index (χ4n) is 2.31. The van der Waals surface area contributed by atoms with Crippen LogP contribution in [0.5, 0.6) is 5.75 Å². The zero-order valence-electron chi connectivity index (χ0n) is 13.9. The number of amides is 1. The Morgan fingerprint density at radius 2 is 1.77 bits per heavy atom. The van der Waals surface area contributed by atoms with Gasteiger partial charge in [-0.15, -0.1) is 0 Å². The molecule has 0 aromatic heterocycles. The molecule has 4 nitrogen and oxygen atoms in total. The Labute approximate surface area is 157 Å². The Hall–Kier alpha value is -3.11. The number of hydrogen-bond donors (Lipinski definition) is 1. The third kappa shape index (κ3) is 4.94. The molecule has 1 amide bonds. The molecule has 3 aromatic rings. The Kier molecular flexibility index (Phi) is 6.01. The van der Waals surface area contributed by atoms with Crippen molar-refractivity contribution in [3.05, 3.63) is 101 Å². The first kappa shape index (κ1) is 17.7. The first-order valence-corrected chi connectivity index (χ1v) is 8.45. The first-order valence-electron chi connectivity index (χ1n) is 8.07. The number of hydrogen-bond acceptors (Lipinski definition) is 3. The van der Waals surface area contributed by atoms with Crippen LogP contribution in [-0.4, -0.2) is 12.1 Å². The van der Waals surface area contributed by atoms with Crippen molar-refractivity contribution in [3.8, 4) is 5.75 Å². The summed E-state index contributed by atoms with van der Waals surface area (Å²) >= 11 is 5.89. The highest BCUT2D eigenvalue weighted by Gasteiger charge is 2.05. The van der Waals surface area contributed by atoms with Crippen molar-refractivity contribution < 1.29 is 9.53 Å². The van der Waals surface area contributed by atoms with Gasteiger partial charge in [0.2, 0.25) is 0 Å². The Morgan fingerprint density at radius 1 is 1.00 bits per heavy atom. The first-order chi connectivity index (χ1) is 12.7. The van der Waals surface area contributed by atoms with Gasteiger partial charge in [-0.3, -0.25) is 4.79 Å². The van der Waals surface area contributed by atoms with Gasteiger partial charge in [0, 0.05) is 16.1 Å². The summed E-state index contributed by atoms with van der Waals surface area (Å²) < 4.78 is 5.86. The van der Waals surface area contributed by atoms with E-state index in [0.29, 0.717) is 22.9 Å². The number of carbonyl (C=O) groups excluding carboxylic acids is 1. The van der Waals surface area contributed by atoms with Crippen LogP contribution >= 0.6 is 11.6 Å². The number of benzene rings is 3. The summed E-state index contributed by atoms with van der Waals surface area (Å²) in [4.78, 5) is 12.1. The molecular weight excluding hydrogens is 348 g/mol. The minimum Gasteiger partial charge on any atom is -0.488 e. The Bertz CT molecular complexity index is 911. The molecule has 0 atom stereocenters. The standard InChI is InChI=1S/C21H17ClN2O2/c22-19-11-6-10-17(13-19)21(25)24-23-14-18-9-4-5-12-20(18)26-15-16-7-2-1-3-8-16/h1-14H,15H2,(H,24,25). The van der Waals surface area contributed by atoms with Gasteiger partial charge in [0.15, 0.2) is 0 Å². The second kappa shape index (κ2) is 8.83. The van der Waals surface area contributed by atoms with Gasteiger partial charge in [-0.1, -0.05) is 60.1 Å². The van der Waals surface area contributed by atoms with Crippen molar-refractivity contribution in [1.29, 1.82) is 0 Å². The van der Waals surface area contributed by atoms with Crippen LogP contribution in [0, 0.1) is 0 Å². The highest BCUT2D eigenvalue weighted by Crippen LogP contribution is 2.17. The van der Waals surface area contributed by atoms with Gasteiger partial charge in [-0.2, -0.15) is 5.10 Å². The van der Waals surface area contributed by atoms with E-state index in [1.807, 2.05) is 54.6 Å². The molecule has 130 valence electrons. The number of nitrogens with one attached hydrogen (secondary N) is 1. The summed E-state index contributed by atoms with van der Waals surface area (Å²) in [6.07, 6.45) is 1.56. The number of nitrogens with zero attached hydrogens (tertiary/aromatic N) is 1. The summed E-state index contributed by atoms with van der Waals surface area (Å²) in [6.45, 7) is 0.459. The van der Waals surface area contributed by atoms with Crippen molar-refractivity contribution in [2.24, 2.45) is 5.10 Å². The van der Waals surface area contributed by atoms with Crippen LogP contribution in [0.2, 0.25) is 5.02 Å². The monoisotopic (exact) mass is 364 g/mol. The van der Waals surface area contributed by atoms with E-state index in [1.165, 1.54) is 0 Å². The lowest BCUT2D eigenvalue weighted by Gasteiger charge is -2.09. The van der Waals surface area contributed by atoms with Crippen LogP contribution in [0.15, 0.2) is 84.0 Å². The highest BCUT2D eigenvalue weighted by atomic mass is 35.5. The van der Waals surface area contributed by atoms with Gasteiger partial charge in [-0.25, -0.2) is 5.43 Å². The predicted molar refractivity (Wildman–Crippen MR) is 104 cm³/mol. The fourth-order valence-corrected chi connectivity index (χ4v) is 2.50. The summed E-state index contributed by atoms with van der Waals surface area (Å²) in [6, 6.07) is 24.1. The Morgan fingerprint density at radius 3 is 2.58 bits per heavy atom. The zero-order valence-corrected chi connectivity index (χ0v) is 14.7. The minimum absolute atomic E-state index is 0.327. The Balaban J connectivity index is 1.64. The third-order valence-corrected chi connectivity index (χ3v) is 3.85. The third-order valence-electron chi connectivity index (χ3n) is 3.61. The number of hydrazone groups is 1. The average Bonchev–Trinajstić information content (AvgIpc) is 2.68. The van der Waals surface area contributed by atoms with Crippen LogP contribution in [0.25, 0.3) is 0 Å². The van der Waals surface area contributed by atoms with Crippen LogP contribution in [0.1, 0.15) is 21.5 Å². The molecule has 5 heteroatoms. The smallest absolute Gasteiger partial charge is 0.271 e. The molecule has 0 bridgehead atoms. The molecule has 0 saturated heterocycles. The van der Waals surface area contributed by atoms with Gasteiger partial charge < -0.3 is 4.74 Å². The SMILES string of the molecule is O=C(NN=Cc1ccccc1OCc1ccccc1)c1cccc(Cl)c1. The summed E-state index contributed by atoms with van der Waals surface area (Å²) in [5, 5.41) is 4.52. The maximum absolute atomic E-state index is 12.1. The van der Waals surface area contributed by atoms with Crippen molar-refractivity contribution in [3.63, 3.8) is 0 Å². The van der Waals surface area contributed by atoms with E-state index in [2.05, 4.69) is 10.5 Å². The molecule has 3 rings (SSSR count). The maximum Gasteiger partial charge on any atom is 0.271 e. The van der Waals surface area contributed by atoms with E-state index in [9.17, 15) is 4.79 Å². The van der Waals surface area contributed by atoms with E-state index in [4.69, 9.17) is 16.3 Å². The summed E-state index contributed by atoms with van der Waals surface area (Å²) in [5.41, 5.74) is 4.79. The molecule has 3 aromatic carbocycles. The molecule has 0 aliphatic heterocycles. The molecule has 0 spiro atoms. The van der Waals surface area contributed by atoms with E-state index in [0.717, 1.165) is 11.1 Å². The lowest BCUT2D eigenvalue weighted by molar-refractivity contribution is 0.0955. The molecule has 0 unspecified atom stereocenters. The average molecular weight is 365 g/mol.